The topological polar surface area (TPSA) is 111 Å². The van der Waals surface area contributed by atoms with Crippen LogP contribution in [0, 0.1) is 0 Å². The maximum Gasteiger partial charge on any atom is 0.351 e. The number of hydrogen-bond donors (Lipinski definition) is 3. The summed E-state index contributed by atoms with van der Waals surface area (Å²) >= 11 is 5.57. The summed E-state index contributed by atoms with van der Waals surface area (Å²) in [6.45, 7) is 0. The van der Waals surface area contributed by atoms with Gasteiger partial charge in [-0.05, 0) is 6.07 Å². The lowest BCUT2D eigenvalue weighted by atomic mass is 10.1. The van der Waals surface area contributed by atoms with Crippen molar-refractivity contribution >= 4 is 17.4 Å². The van der Waals surface area contributed by atoms with Crippen LogP contribution in [0.2, 0.25) is 0 Å². The fraction of sp³-hybridized carbons (Fsp3) is 0.556. The summed E-state index contributed by atoms with van der Waals surface area (Å²) in [4.78, 5) is 15.0. The van der Waals surface area contributed by atoms with Gasteiger partial charge in [-0.2, -0.15) is 4.98 Å². The second-order valence-corrected chi connectivity index (χ2v) is 4.05. The van der Waals surface area contributed by atoms with Gasteiger partial charge in [-0.25, -0.2) is 4.79 Å². The Bertz CT molecular complexity index is 466. The number of alkyl halides is 1. The Morgan fingerprint density at radius 2 is 2.24 bits per heavy atom. The van der Waals surface area contributed by atoms with Crippen molar-refractivity contribution in [3.8, 4) is 0 Å². The van der Waals surface area contributed by atoms with Crippen LogP contribution in [0.4, 0.5) is 5.82 Å². The Hall–Kier alpha value is -1.15. The Morgan fingerprint density at radius 1 is 1.53 bits per heavy atom. The van der Waals surface area contributed by atoms with E-state index in [9.17, 15) is 15.0 Å². The Kier molecular flexibility index (Phi) is 3.34. The molecule has 1 aromatic rings. The molecule has 2 rings (SSSR count). The normalized spacial score (nSPS) is 32.9. The highest BCUT2D eigenvalue weighted by Crippen LogP contribution is 2.28. The third-order valence-electron chi connectivity index (χ3n) is 2.61. The van der Waals surface area contributed by atoms with E-state index in [1.165, 1.54) is 12.3 Å². The molecule has 1 aliphatic heterocycles. The largest absolute Gasteiger partial charge is 0.387 e. The summed E-state index contributed by atoms with van der Waals surface area (Å²) in [5.41, 5.74) is 4.69. The predicted molar refractivity (Wildman–Crippen MR) is 59.6 cm³/mol. The number of nitrogens with zero attached hydrogens (tertiary/aromatic N) is 2. The number of nitrogens with two attached hydrogens (primary N) is 1. The van der Waals surface area contributed by atoms with Crippen molar-refractivity contribution in [2.75, 3.05) is 11.6 Å². The molecule has 4 N–H and O–H groups in total. The minimum Gasteiger partial charge on any atom is -0.387 e. The van der Waals surface area contributed by atoms with Crippen molar-refractivity contribution < 1.29 is 14.9 Å². The first-order valence-electron chi connectivity index (χ1n) is 4.97. The van der Waals surface area contributed by atoms with Crippen molar-refractivity contribution in [3.63, 3.8) is 0 Å². The van der Waals surface area contributed by atoms with E-state index >= 15 is 0 Å². The van der Waals surface area contributed by atoms with Gasteiger partial charge in [0.1, 0.15) is 24.1 Å². The molecule has 7 nitrogen and oxygen atoms in total. The zero-order chi connectivity index (χ0) is 12.6. The molecule has 1 saturated heterocycles. The van der Waals surface area contributed by atoms with E-state index in [0.717, 1.165) is 4.57 Å². The number of rotatable bonds is 2. The molecule has 0 bridgehead atoms. The summed E-state index contributed by atoms with van der Waals surface area (Å²) in [5, 5.41) is 19.4. The zero-order valence-corrected chi connectivity index (χ0v) is 9.49. The summed E-state index contributed by atoms with van der Waals surface area (Å²) in [7, 11) is 0. The van der Waals surface area contributed by atoms with E-state index in [2.05, 4.69) is 4.98 Å². The van der Waals surface area contributed by atoms with Gasteiger partial charge in [-0.1, -0.05) is 0 Å². The van der Waals surface area contributed by atoms with Crippen LogP contribution in [-0.2, 0) is 4.74 Å². The van der Waals surface area contributed by atoms with Crippen LogP contribution in [0.25, 0.3) is 0 Å². The number of aliphatic hydroxyl groups is 2. The first-order chi connectivity index (χ1) is 8.04. The van der Waals surface area contributed by atoms with Crippen molar-refractivity contribution in [2.45, 2.75) is 24.5 Å². The van der Waals surface area contributed by atoms with Crippen molar-refractivity contribution in [3.05, 3.63) is 22.7 Å². The van der Waals surface area contributed by atoms with Gasteiger partial charge in [0.05, 0.1) is 5.88 Å². The van der Waals surface area contributed by atoms with Gasteiger partial charge in [-0.3, -0.25) is 4.57 Å². The van der Waals surface area contributed by atoms with E-state index in [4.69, 9.17) is 22.1 Å². The molecule has 8 heteroatoms. The molecule has 1 fully saturated rings. The lowest BCUT2D eigenvalue weighted by Crippen LogP contribution is -2.35. The van der Waals surface area contributed by atoms with Crippen molar-refractivity contribution in [1.82, 2.24) is 9.55 Å². The van der Waals surface area contributed by atoms with Gasteiger partial charge >= 0.3 is 5.69 Å². The quantitative estimate of drug-likeness (QED) is 0.570. The first kappa shape index (κ1) is 12.3. The second-order valence-electron chi connectivity index (χ2n) is 3.74. The lowest BCUT2D eigenvalue weighted by Gasteiger charge is -2.16. The fourth-order valence-electron chi connectivity index (χ4n) is 1.71. The number of halogens is 1. The highest BCUT2D eigenvalue weighted by molar-refractivity contribution is 6.18. The van der Waals surface area contributed by atoms with Crippen LogP contribution in [-0.4, -0.2) is 44.0 Å². The fourth-order valence-corrected chi connectivity index (χ4v) is 1.96. The standard InChI is InChI=1S/C9H12ClN3O4/c10-3-4-6(14)7(15)8(17-4)13-2-1-5(11)12-9(13)16/h1-2,4,6-8,14-15H,3H2,(H2,11,12,16)/t4-,6-,7-,8-/m1/s1. The molecule has 1 aromatic heterocycles. The van der Waals surface area contributed by atoms with Crippen LogP contribution >= 0.6 is 11.6 Å². The average molecular weight is 262 g/mol. The first-order valence-corrected chi connectivity index (χ1v) is 5.50. The van der Waals surface area contributed by atoms with Gasteiger partial charge in [0.15, 0.2) is 6.23 Å². The molecule has 0 spiro atoms. The van der Waals surface area contributed by atoms with Crippen LogP contribution in [0.3, 0.4) is 0 Å². The summed E-state index contributed by atoms with van der Waals surface area (Å²) in [6.07, 6.45) is -2.75. The van der Waals surface area contributed by atoms with Gasteiger partial charge in [-0.15, -0.1) is 11.6 Å². The summed E-state index contributed by atoms with van der Waals surface area (Å²) < 4.78 is 6.36. The number of ether oxygens (including phenoxy) is 1. The Labute approximate surface area is 101 Å². The van der Waals surface area contributed by atoms with Crippen LogP contribution in [0.15, 0.2) is 17.1 Å². The minimum atomic E-state index is -1.23. The maximum atomic E-state index is 11.5. The highest BCUT2D eigenvalue weighted by Gasteiger charge is 2.43. The third kappa shape index (κ3) is 2.14. The maximum absolute atomic E-state index is 11.5. The van der Waals surface area contributed by atoms with Crippen LogP contribution < -0.4 is 11.4 Å². The molecule has 0 aliphatic carbocycles. The molecule has 0 unspecified atom stereocenters. The summed E-state index contributed by atoms with van der Waals surface area (Å²) in [5.74, 6) is 0.0967. The molecule has 4 atom stereocenters. The molecule has 0 aromatic carbocycles. The van der Waals surface area contributed by atoms with E-state index in [1.807, 2.05) is 0 Å². The third-order valence-corrected chi connectivity index (χ3v) is 2.92. The molecular weight excluding hydrogens is 250 g/mol. The Morgan fingerprint density at radius 3 is 2.76 bits per heavy atom. The lowest BCUT2D eigenvalue weighted by molar-refractivity contribution is -0.0342. The van der Waals surface area contributed by atoms with E-state index in [0.29, 0.717) is 0 Å². The van der Waals surface area contributed by atoms with Crippen LogP contribution in [0.5, 0.6) is 0 Å². The molecule has 2 heterocycles. The molecule has 1 aliphatic rings. The highest BCUT2D eigenvalue weighted by atomic mass is 35.5. The molecule has 0 radical (unpaired) electrons. The van der Waals surface area contributed by atoms with E-state index in [-0.39, 0.29) is 11.7 Å². The second kappa shape index (κ2) is 4.61. The molecule has 17 heavy (non-hydrogen) atoms. The molecule has 94 valence electrons. The molecule has 0 saturated carbocycles. The van der Waals surface area contributed by atoms with Gasteiger partial charge < -0.3 is 20.7 Å². The van der Waals surface area contributed by atoms with Crippen molar-refractivity contribution in [2.24, 2.45) is 0 Å². The average Bonchev–Trinajstić information content (AvgIpc) is 2.57. The number of hydrogen-bond acceptors (Lipinski definition) is 6. The monoisotopic (exact) mass is 261 g/mol. The van der Waals surface area contributed by atoms with E-state index in [1.54, 1.807) is 0 Å². The van der Waals surface area contributed by atoms with Gasteiger partial charge in [0.25, 0.3) is 0 Å². The van der Waals surface area contributed by atoms with Gasteiger partial charge in [0.2, 0.25) is 0 Å². The number of anilines is 1. The number of aromatic nitrogens is 2. The SMILES string of the molecule is Nc1ccn([C@@H]2O[C@H](CCl)[C@@H](O)[C@H]2O)c(=O)n1. The number of aliphatic hydroxyl groups excluding tert-OH is 2. The van der Waals surface area contributed by atoms with Crippen molar-refractivity contribution in [1.29, 1.82) is 0 Å². The van der Waals surface area contributed by atoms with Crippen LogP contribution in [0.1, 0.15) is 6.23 Å². The smallest absolute Gasteiger partial charge is 0.351 e. The zero-order valence-electron chi connectivity index (χ0n) is 8.73. The predicted octanol–water partition coefficient (Wildman–Crippen LogP) is -1.32. The minimum absolute atomic E-state index is 0.0197. The van der Waals surface area contributed by atoms with E-state index < -0.39 is 30.2 Å². The molecule has 0 amide bonds. The molecular formula is C9H12ClN3O4. The summed E-state index contributed by atoms with van der Waals surface area (Å²) in [6, 6.07) is 1.40. The number of nitrogen functional groups attached to an aromatic ring is 1. The Balaban J connectivity index is 2.32. The van der Waals surface area contributed by atoms with Gasteiger partial charge in [0, 0.05) is 6.20 Å².